The second kappa shape index (κ2) is 9.20. The molecule has 0 spiro atoms. The predicted octanol–water partition coefficient (Wildman–Crippen LogP) is 4.83. The Morgan fingerprint density at radius 3 is 2.06 bits per heavy atom. The Hall–Kier alpha value is -2.70. The quantitative estimate of drug-likeness (QED) is 0.640. The van der Waals surface area contributed by atoms with Gasteiger partial charge in [0.15, 0.2) is 23.0 Å². The average molecular weight is 427 g/mol. The van der Waals surface area contributed by atoms with Crippen molar-refractivity contribution in [2.45, 2.75) is 26.1 Å². The summed E-state index contributed by atoms with van der Waals surface area (Å²) < 4.78 is 29.1. The topological polar surface area (TPSA) is 66.4 Å². The van der Waals surface area contributed by atoms with Crippen LogP contribution in [0.4, 0.5) is 0 Å². The highest BCUT2D eigenvalue weighted by atomic mass is 16.5. The Morgan fingerprint density at radius 1 is 0.903 bits per heavy atom. The molecule has 2 aromatic rings. The van der Waals surface area contributed by atoms with Crippen LogP contribution in [0.2, 0.25) is 0 Å². The second-order valence-corrected chi connectivity index (χ2v) is 8.27. The van der Waals surface area contributed by atoms with Crippen LogP contribution in [0.15, 0.2) is 48.0 Å². The zero-order valence-electron chi connectivity index (χ0n) is 18.5. The van der Waals surface area contributed by atoms with Gasteiger partial charge in [0, 0.05) is 11.8 Å². The zero-order valence-corrected chi connectivity index (χ0v) is 18.5. The van der Waals surface area contributed by atoms with E-state index in [9.17, 15) is 5.11 Å². The molecular formula is C25H30O6. The van der Waals surface area contributed by atoms with Gasteiger partial charge >= 0.3 is 0 Å². The molecule has 4 rings (SSSR count). The van der Waals surface area contributed by atoms with Crippen LogP contribution in [0.3, 0.4) is 0 Å². The van der Waals surface area contributed by atoms with Crippen LogP contribution in [0, 0.1) is 11.8 Å². The molecule has 2 saturated heterocycles. The van der Waals surface area contributed by atoms with E-state index in [1.54, 1.807) is 20.3 Å². The molecule has 0 unspecified atom stereocenters. The first kappa shape index (κ1) is 21.5. The third kappa shape index (κ3) is 4.36. The Morgan fingerprint density at radius 2 is 1.48 bits per heavy atom. The van der Waals surface area contributed by atoms with Gasteiger partial charge in [-0.05, 0) is 55.3 Å². The van der Waals surface area contributed by atoms with Crippen molar-refractivity contribution in [1.29, 1.82) is 0 Å². The number of phenolic OH excluding ortho intramolecular Hbond substituents is 1. The minimum Gasteiger partial charge on any atom is -0.504 e. The van der Waals surface area contributed by atoms with Crippen LogP contribution in [0.5, 0.6) is 23.0 Å². The summed E-state index contributed by atoms with van der Waals surface area (Å²) in [6.45, 7) is 5.83. The molecule has 6 nitrogen and oxygen atoms in total. The van der Waals surface area contributed by atoms with Gasteiger partial charge in [0.25, 0.3) is 0 Å². The van der Waals surface area contributed by atoms with Gasteiger partial charge in [0.1, 0.15) is 6.61 Å². The molecule has 0 bridgehead atoms. The summed E-state index contributed by atoms with van der Waals surface area (Å²) >= 11 is 0. The van der Waals surface area contributed by atoms with Crippen LogP contribution >= 0.6 is 0 Å². The minimum absolute atomic E-state index is 0.0604. The summed E-state index contributed by atoms with van der Waals surface area (Å²) in [5, 5.41) is 9.89. The van der Waals surface area contributed by atoms with Crippen molar-refractivity contribution in [2.75, 3.05) is 34.0 Å². The molecular weight excluding hydrogens is 396 g/mol. The number of ether oxygens (including phenoxy) is 5. The maximum Gasteiger partial charge on any atom is 0.161 e. The minimum atomic E-state index is -0.0851. The standard InChI is InChI=1S/C25H30O6/c1-15(2)9-10-29-21-8-6-17(12-23(21)28-4)25-19-14-30-24(18(19)13-31-25)16-5-7-20(26)22(11-16)27-3/h5-9,11-12,18-19,24-26H,10,13-14H2,1-4H3/t18-,19+,24-,25-/m1/s1. The van der Waals surface area contributed by atoms with Gasteiger partial charge < -0.3 is 28.8 Å². The van der Waals surface area contributed by atoms with Crippen molar-refractivity contribution in [3.8, 4) is 23.0 Å². The molecule has 2 aliphatic heterocycles. The number of benzene rings is 2. The summed E-state index contributed by atoms with van der Waals surface area (Å²) in [6, 6.07) is 11.4. The molecule has 2 aliphatic rings. The van der Waals surface area contributed by atoms with Gasteiger partial charge in [-0.25, -0.2) is 0 Å². The molecule has 2 aromatic carbocycles. The summed E-state index contributed by atoms with van der Waals surface area (Å²) in [6.07, 6.45) is 1.89. The van der Waals surface area contributed by atoms with E-state index < -0.39 is 0 Å². The molecule has 0 aliphatic carbocycles. The Bertz CT molecular complexity index is 949. The highest BCUT2D eigenvalue weighted by Gasteiger charge is 2.48. The van der Waals surface area contributed by atoms with Crippen LogP contribution in [0.25, 0.3) is 0 Å². The largest absolute Gasteiger partial charge is 0.504 e. The van der Waals surface area contributed by atoms with Gasteiger partial charge in [-0.2, -0.15) is 0 Å². The van der Waals surface area contributed by atoms with E-state index in [4.69, 9.17) is 23.7 Å². The number of methoxy groups -OCH3 is 2. The Kier molecular flexibility index (Phi) is 6.39. The lowest BCUT2D eigenvalue weighted by atomic mass is 9.85. The number of rotatable bonds is 7. The van der Waals surface area contributed by atoms with E-state index in [-0.39, 0.29) is 29.8 Å². The van der Waals surface area contributed by atoms with Crippen molar-refractivity contribution in [2.24, 2.45) is 11.8 Å². The predicted molar refractivity (Wildman–Crippen MR) is 117 cm³/mol. The van der Waals surface area contributed by atoms with Gasteiger partial charge in [0.2, 0.25) is 0 Å². The summed E-state index contributed by atoms with van der Waals surface area (Å²) in [5.74, 6) is 2.47. The number of allylic oxidation sites excluding steroid dienone is 1. The van der Waals surface area contributed by atoms with Gasteiger partial charge in [-0.3, -0.25) is 0 Å². The number of hydrogen-bond acceptors (Lipinski definition) is 6. The van der Waals surface area contributed by atoms with E-state index >= 15 is 0 Å². The number of phenols is 1. The fourth-order valence-corrected chi connectivity index (χ4v) is 4.38. The van der Waals surface area contributed by atoms with Gasteiger partial charge in [-0.15, -0.1) is 0 Å². The van der Waals surface area contributed by atoms with E-state index in [0.29, 0.717) is 31.3 Å². The van der Waals surface area contributed by atoms with E-state index in [1.807, 2.05) is 50.3 Å². The molecule has 0 aromatic heterocycles. The SMILES string of the molecule is COc1cc([C@H]2OC[C@H]3[C@H]2CO[C@@H]3c2ccc(OCC=C(C)C)c(OC)c2)ccc1O. The third-order valence-electron chi connectivity index (χ3n) is 6.04. The molecule has 6 heteroatoms. The number of aromatic hydroxyl groups is 1. The molecule has 4 atom stereocenters. The fraction of sp³-hybridized carbons (Fsp3) is 0.440. The summed E-state index contributed by atoms with van der Waals surface area (Å²) in [7, 11) is 3.20. The highest BCUT2D eigenvalue weighted by molar-refractivity contribution is 5.45. The second-order valence-electron chi connectivity index (χ2n) is 8.27. The smallest absolute Gasteiger partial charge is 0.161 e. The summed E-state index contributed by atoms with van der Waals surface area (Å²) in [4.78, 5) is 0. The van der Waals surface area contributed by atoms with Crippen LogP contribution in [0.1, 0.15) is 37.2 Å². The van der Waals surface area contributed by atoms with Gasteiger partial charge in [0.05, 0.1) is 39.6 Å². The highest BCUT2D eigenvalue weighted by Crippen LogP contribution is 2.51. The lowest BCUT2D eigenvalue weighted by Gasteiger charge is -2.19. The number of hydrogen-bond donors (Lipinski definition) is 1. The van der Waals surface area contributed by atoms with E-state index in [1.165, 1.54) is 5.57 Å². The van der Waals surface area contributed by atoms with Crippen LogP contribution in [-0.2, 0) is 9.47 Å². The molecule has 0 amide bonds. The van der Waals surface area contributed by atoms with Crippen molar-refractivity contribution in [3.05, 3.63) is 59.2 Å². The first-order valence-corrected chi connectivity index (χ1v) is 10.6. The first-order valence-electron chi connectivity index (χ1n) is 10.6. The molecule has 0 radical (unpaired) electrons. The summed E-state index contributed by atoms with van der Waals surface area (Å²) in [5.41, 5.74) is 3.27. The molecule has 2 heterocycles. The van der Waals surface area contributed by atoms with Crippen LogP contribution in [-0.4, -0.2) is 39.1 Å². The lowest BCUT2D eigenvalue weighted by molar-refractivity contribution is 0.0191. The Balaban J connectivity index is 1.51. The third-order valence-corrected chi connectivity index (χ3v) is 6.04. The molecule has 2 fully saturated rings. The maximum absolute atomic E-state index is 9.89. The van der Waals surface area contributed by atoms with Crippen molar-refractivity contribution in [1.82, 2.24) is 0 Å². The number of fused-ring (bicyclic) bond motifs is 1. The van der Waals surface area contributed by atoms with Crippen LogP contribution < -0.4 is 14.2 Å². The van der Waals surface area contributed by atoms with Crippen molar-refractivity contribution >= 4 is 0 Å². The molecule has 166 valence electrons. The Labute approximate surface area is 183 Å². The zero-order chi connectivity index (χ0) is 22.0. The normalized spacial score (nSPS) is 24.5. The lowest BCUT2D eigenvalue weighted by Crippen LogP contribution is -2.14. The van der Waals surface area contributed by atoms with E-state index in [0.717, 1.165) is 16.9 Å². The fourth-order valence-electron chi connectivity index (χ4n) is 4.38. The monoisotopic (exact) mass is 426 g/mol. The van der Waals surface area contributed by atoms with Crippen molar-refractivity contribution in [3.63, 3.8) is 0 Å². The van der Waals surface area contributed by atoms with E-state index in [2.05, 4.69) is 0 Å². The average Bonchev–Trinajstić information content (AvgIpc) is 3.36. The van der Waals surface area contributed by atoms with Crippen molar-refractivity contribution < 1.29 is 28.8 Å². The van der Waals surface area contributed by atoms with Gasteiger partial charge in [-0.1, -0.05) is 17.7 Å². The molecule has 31 heavy (non-hydrogen) atoms. The molecule has 1 N–H and O–H groups in total. The maximum atomic E-state index is 9.89. The molecule has 0 saturated carbocycles. The first-order chi connectivity index (χ1) is 15.0.